The van der Waals surface area contributed by atoms with E-state index in [2.05, 4.69) is 10.6 Å². The molecular weight excluding hydrogens is 398 g/mol. The van der Waals surface area contributed by atoms with E-state index in [0.717, 1.165) is 11.3 Å². The van der Waals surface area contributed by atoms with Gasteiger partial charge in [-0.25, -0.2) is 0 Å². The van der Waals surface area contributed by atoms with Crippen LogP contribution in [0.2, 0.25) is 0 Å². The molecule has 0 bridgehead atoms. The van der Waals surface area contributed by atoms with Gasteiger partial charge >= 0.3 is 0 Å². The molecule has 0 fully saturated rings. The summed E-state index contributed by atoms with van der Waals surface area (Å²) in [6.07, 6.45) is 0. The number of anilines is 1. The summed E-state index contributed by atoms with van der Waals surface area (Å²) >= 11 is 0. The van der Waals surface area contributed by atoms with Gasteiger partial charge in [0.25, 0.3) is 11.6 Å². The van der Waals surface area contributed by atoms with Crippen molar-refractivity contribution in [2.75, 3.05) is 25.6 Å². The Morgan fingerprint density at radius 2 is 1.71 bits per heavy atom. The maximum Gasteiger partial charge on any atom is 0.293 e. The van der Waals surface area contributed by atoms with Gasteiger partial charge in [-0.2, -0.15) is 0 Å². The molecular formula is C23H23N3O5. The standard InChI is InChI=1S/C23H23N3O5/c1-30-19-8-10-20(11-9-19)31-14-13-24-23(27)18-7-12-21(22(15-18)26(28)29)25-16-17-5-3-2-4-6-17/h2-12,15,25H,13-14,16H2,1H3,(H,24,27). The number of hydrogen-bond acceptors (Lipinski definition) is 6. The summed E-state index contributed by atoms with van der Waals surface area (Å²) in [5, 5.41) is 17.2. The quantitative estimate of drug-likeness (QED) is 0.291. The van der Waals surface area contributed by atoms with E-state index in [1.54, 1.807) is 43.5 Å². The zero-order valence-corrected chi connectivity index (χ0v) is 17.0. The molecule has 3 aromatic rings. The topological polar surface area (TPSA) is 103 Å². The molecule has 0 aliphatic heterocycles. The lowest BCUT2D eigenvalue weighted by molar-refractivity contribution is -0.384. The highest BCUT2D eigenvalue weighted by molar-refractivity contribution is 5.95. The van der Waals surface area contributed by atoms with Gasteiger partial charge in [0.1, 0.15) is 23.8 Å². The fraction of sp³-hybridized carbons (Fsp3) is 0.174. The third-order valence-electron chi connectivity index (χ3n) is 4.50. The fourth-order valence-electron chi connectivity index (χ4n) is 2.87. The highest BCUT2D eigenvalue weighted by atomic mass is 16.6. The van der Waals surface area contributed by atoms with Gasteiger partial charge in [-0.05, 0) is 42.0 Å². The first kappa shape index (κ1) is 21.6. The second kappa shape index (κ2) is 10.6. The summed E-state index contributed by atoms with van der Waals surface area (Å²) in [5.74, 6) is 0.972. The van der Waals surface area contributed by atoms with Crippen LogP contribution in [0.1, 0.15) is 15.9 Å². The molecule has 8 heteroatoms. The highest BCUT2D eigenvalue weighted by Crippen LogP contribution is 2.26. The summed E-state index contributed by atoms with van der Waals surface area (Å²) in [6.45, 7) is 0.958. The van der Waals surface area contributed by atoms with Crippen LogP contribution in [0.25, 0.3) is 0 Å². The Kier molecular flexibility index (Phi) is 7.42. The van der Waals surface area contributed by atoms with Gasteiger partial charge in [-0.3, -0.25) is 14.9 Å². The average Bonchev–Trinajstić information content (AvgIpc) is 2.81. The molecule has 2 N–H and O–H groups in total. The van der Waals surface area contributed by atoms with Gasteiger partial charge < -0.3 is 20.1 Å². The molecule has 8 nitrogen and oxygen atoms in total. The van der Waals surface area contributed by atoms with Crippen LogP contribution in [0.3, 0.4) is 0 Å². The largest absolute Gasteiger partial charge is 0.497 e. The summed E-state index contributed by atoms with van der Waals surface area (Å²) < 4.78 is 10.6. The van der Waals surface area contributed by atoms with E-state index in [1.807, 2.05) is 30.3 Å². The molecule has 0 saturated carbocycles. The van der Waals surface area contributed by atoms with Crippen molar-refractivity contribution in [3.8, 4) is 11.5 Å². The smallest absolute Gasteiger partial charge is 0.293 e. The highest BCUT2D eigenvalue weighted by Gasteiger charge is 2.17. The summed E-state index contributed by atoms with van der Waals surface area (Å²) in [7, 11) is 1.58. The number of methoxy groups -OCH3 is 1. The number of rotatable bonds is 10. The summed E-state index contributed by atoms with van der Waals surface area (Å²) in [6, 6.07) is 21.0. The molecule has 3 aromatic carbocycles. The molecule has 0 unspecified atom stereocenters. The van der Waals surface area contributed by atoms with Crippen molar-refractivity contribution in [3.63, 3.8) is 0 Å². The SMILES string of the molecule is COc1ccc(OCCNC(=O)c2ccc(NCc3ccccc3)c([N+](=O)[O-])c2)cc1. The normalized spacial score (nSPS) is 10.2. The van der Waals surface area contributed by atoms with Gasteiger partial charge in [-0.15, -0.1) is 0 Å². The molecule has 0 aromatic heterocycles. The number of hydrogen-bond donors (Lipinski definition) is 2. The van der Waals surface area contributed by atoms with E-state index < -0.39 is 10.8 Å². The number of nitrogens with one attached hydrogen (secondary N) is 2. The van der Waals surface area contributed by atoms with Crippen molar-refractivity contribution in [1.29, 1.82) is 0 Å². The number of benzene rings is 3. The van der Waals surface area contributed by atoms with E-state index in [0.29, 0.717) is 18.0 Å². The molecule has 0 aliphatic carbocycles. The lowest BCUT2D eigenvalue weighted by Crippen LogP contribution is -2.28. The fourth-order valence-corrected chi connectivity index (χ4v) is 2.87. The van der Waals surface area contributed by atoms with E-state index >= 15 is 0 Å². The first-order valence-corrected chi connectivity index (χ1v) is 9.68. The minimum absolute atomic E-state index is 0.155. The van der Waals surface area contributed by atoms with Crippen LogP contribution in [0, 0.1) is 10.1 Å². The van der Waals surface area contributed by atoms with Crippen LogP contribution in [0.5, 0.6) is 11.5 Å². The van der Waals surface area contributed by atoms with Crippen LogP contribution in [-0.2, 0) is 6.54 Å². The van der Waals surface area contributed by atoms with Crippen LogP contribution in [-0.4, -0.2) is 31.1 Å². The Labute approximate surface area is 180 Å². The molecule has 0 saturated heterocycles. The number of ether oxygens (including phenoxy) is 2. The monoisotopic (exact) mass is 421 g/mol. The molecule has 3 rings (SSSR count). The number of carbonyl (C=O) groups is 1. The third kappa shape index (κ3) is 6.20. The van der Waals surface area contributed by atoms with E-state index in [-0.39, 0.29) is 24.4 Å². The third-order valence-corrected chi connectivity index (χ3v) is 4.50. The number of amides is 1. The van der Waals surface area contributed by atoms with Gasteiger partial charge in [0.2, 0.25) is 0 Å². The Balaban J connectivity index is 1.55. The lowest BCUT2D eigenvalue weighted by atomic mass is 10.1. The first-order valence-electron chi connectivity index (χ1n) is 9.68. The van der Waals surface area contributed by atoms with Gasteiger partial charge in [0, 0.05) is 18.2 Å². The predicted molar refractivity (Wildman–Crippen MR) is 118 cm³/mol. The first-order chi connectivity index (χ1) is 15.1. The number of carbonyl (C=O) groups excluding carboxylic acids is 1. The average molecular weight is 421 g/mol. The number of nitro groups is 1. The molecule has 0 spiro atoms. The van der Waals surface area contributed by atoms with Gasteiger partial charge in [0.15, 0.2) is 0 Å². The zero-order valence-electron chi connectivity index (χ0n) is 17.0. The van der Waals surface area contributed by atoms with Crippen molar-refractivity contribution in [2.45, 2.75) is 6.54 Å². The second-order valence-electron chi connectivity index (χ2n) is 6.61. The Morgan fingerprint density at radius 1 is 1.00 bits per heavy atom. The van der Waals surface area contributed by atoms with Crippen molar-refractivity contribution < 1.29 is 19.2 Å². The molecule has 0 aliphatic rings. The summed E-state index contributed by atoms with van der Waals surface area (Å²) in [5.41, 5.74) is 1.41. The lowest BCUT2D eigenvalue weighted by Gasteiger charge is -2.10. The molecule has 0 atom stereocenters. The maximum absolute atomic E-state index is 12.4. The summed E-state index contributed by atoms with van der Waals surface area (Å²) in [4.78, 5) is 23.4. The van der Waals surface area contributed by atoms with Crippen LogP contribution in [0.4, 0.5) is 11.4 Å². The zero-order chi connectivity index (χ0) is 22.1. The molecule has 31 heavy (non-hydrogen) atoms. The number of nitro benzene ring substituents is 1. The van der Waals surface area contributed by atoms with Crippen molar-refractivity contribution in [1.82, 2.24) is 5.32 Å². The maximum atomic E-state index is 12.4. The van der Waals surface area contributed by atoms with Crippen molar-refractivity contribution in [3.05, 3.63) is 94.0 Å². The number of nitrogens with zero attached hydrogens (tertiary/aromatic N) is 1. The second-order valence-corrected chi connectivity index (χ2v) is 6.61. The molecule has 0 radical (unpaired) electrons. The van der Waals surface area contributed by atoms with E-state index in [4.69, 9.17) is 9.47 Å². The molecule has 0 heterocycles. The van der Waals surface area contributed by atoms with Crippen LogP contribution >= 0.6 is 0 Å². The Bertz CT molecular complexity index is 1020. The van der Waals surface area contributed by atoms with E-state index in [9.17, 15) is 14.9 Å². The Morgan fingerprint density at radius 3 is 2.39 bits per heavy atom. The van der Waals surface area contributed by atoms with E-state index in [1.165, 1.54) is 6.07 Å². The van der Waals surface area contributed by atoms with Crippen LogP contribution < -0.4 is 20.1 Å². The van der Waals surface area contributed by atoms with Gasteiger partial charge in [-0.1, -0.05) is 30.3 Å². The van der Waals surface area contributed by atoms with Crippen LogP contribution in [0.15, 0.2) is 72.8 Å². The minimum atomic E-state index is -0.503. The molecule has 1 amide bonds. The van der Waals surface area contributed by atoms with Crippen molar-refractivity contribution in [2.24, 2.45) is 0 Å². The van der Waals surface area contributed by atoms with Crippen molar-refractivity contribution >= 4 is 17.3 Å². The molecule has 160 valence electrons. The van der Waals surface area contributed by atoms with Gasteiger partial charge in [0.05, 0.1) is 18.6 Å². The minimum Gasteiger partial charge on any atom is -0.497 e. The predicted octanol–water partition coefficient (Wildman–Crippen LogP) is 4.02. The Hall–Kier alpha value is -4.07.